The van der Waals surface area contributed by atoms with Crippen molar-refractivity contribution in [1.82, 2.24) is 9.55 Å². The summed E-state index contributed by atoms with van der Waals surface area (Å²) in [6.07, 6.45) is 3.86. The number of nitrogens with zero attached hydrogens (tertiary/aromatic N) is 2. The molecule has 0 spiro atoms. The Bertz CT molecular complexity index is 335. The minimum absolute atomic E-state index is 0.413. The molecule has 2 N–H and O–H groups in total. The van der Waals surface area contributed by atoms with E-state index in [9.17, 15) is 0 Å². The summed E-state index contributed by atoms with van der Waals surface area (Å²) in [6.45, 7) is 6.34. The van der Waals surface area contributed by atoms with Crippen molar-refractivity contribution in [3.8, 4) is 0 Å². The maximum atomic E-state index is 6.12. The zero-order valence-corrected chi connectivity index (χ0v) is 9.25. The van der Waals surface area contributed by atoms with Gasteiger partial charge < -0.3 is 10.3 Å². The fraction of sp³-hybridized carbons (Fsp3) is 0.727. The third-order valence-electron chi connectivity index (χ3n) is 3.16. The summed E-state index contributed by atoms with van der Waals surface area (Å²) in [5, 5.41) is 0. The van der Waals surface area contributed by atoms with Crippen LogP contribution in [0.5, 0.6) is 0 Å². The molecule has 3 heteroatoms. The molecule has 1 aromatic rings. The monoisotopic (exact) mass is 193 g/mol. The van der Waals surface area contributed by atoms with Gasteiger partial charge in [0.1, 0.15) is 11.6 Å². The lowest BCUT2D eigenvalue weighted by atomic mass is 9.83. The molecule has 1 aliphatic carbocycles. The highest BCUT2D eigenvalue weighted by molar-refractivity contribution is 5.41. The molecular weight excluding hydrogens is 174 g/mol. The van der Waals surface area contributed by atoms with Gasteiger partial charge in [0.15, 0.2) is 0 Å². The van der Waals surface area contributed by atoms with Gasteiger partial charge in [0, 0.05) is 12.0 Å². The van der Waals surface area contributed by atoms with E-state index in [1.807, 2.05) is 6.92 Å². The van der Waals surface area contributed by atoms with Crippen molar-refractivity contribution < 1.29 is 0 Å². The molecular formula is C11H19N3. The van der Waals surface area contributed by atoms with Gasteiger partial charge in [0.2, 0.25) is 0 Å². The van der Waals surface area contributed by atoms with Crippen LogP contribution in [0.1, 0.15) is 56.6 Å². The largest absolute Gasteiger partial charge is 0.384 e. The number of nitrogen functional groups attached to an aromatic ring is 1. The maximum Gasteiger partial charge on any atom is 0.127 e. The number of aryl methyl sites for hydroxylation is 1. The Kier molecular flexibility index (Phi) is 2.25. The molecule has 78 valence electrons. The Morgan fingerprint density at radius 1 is 1.43 bits per heavy atom. The smallest absolute Gasteiger partial charge is 0.127 e. The van der Waals surface area contributed by atoms with E-state index < -0.39 is 0 Å². The fourth-order valence-corrected chi connectivity index (χ4v) is 2.22. The number of nitrogens with two attached hydrogens (primary N) is 1. The van der Waals surface area contributed by atoms with Gasteiger partial charge in [0.05, 0.1) is 5.69 Å². The van der Waals surface area contributed by atoms with Crippen LogP contribution in [-0.2, 0) is 0 Å². The van der Waals surface area contributed by atoms with Crippen LogP contribution in [0.3, 0.4) is 0 Å². The molecule has 0 atom stereocenters. The molecule has 1 fully saturated rings. The maximum absolute atomic E-state index is 6.12. The Morgan fingerprint density at radius 2 is 2.07 bits per heavy atom. The first kappa shape index (κ1) is 9.56. The summed E-state index contributed by atoms with van der Waals surface area (Å²) in [5.41, 5.74) is 7.26. The second-order valence-corrected chi connectivity index (χ2v) is 4.52. The van der Waals surface area contributed by atoms with E-state index in [4.69, 9.17) is 5.73 Å². The molecule has 0 unspecified atom stereocenters. The Morgan fingerprint density at radius 3 is 2.43 bits per heavy atom. The van der Waals surface area contributed by atoms with Gasteiger partial charge in [-0.3, -0.25) is 0 Å². The molecule has 1 heterocycles. The van der Waals surface area contributed by atoms with Gasteiger partial charge in [-0.15, -0.1) is 0 Å². The first-order valence-electron chi connectivity index (χ1n) is 5.45. The summed E-state index contributed by atoms with van der Waals surface area (Å²) < 4.78 is 2.13. The standard InChI is InChI=1S/C11H19N3/c1-7(2)14-8(3)13-10(11(14)12)9-5-4-6-9/h7,9H,4-6,12H2,1-3H3. The van der Waals surface area contributed by atoms with E-state index >= 15 is 0 Å². The predicted octanol–water partition coefficient (Wildman–Crippen LogP) is 2.62. The third-order valence-corrected chi connectivity index (χ3v) is 3.16. The van der Waals surface area contributed by atoms with Crippen LogP contribution in [0.15, 0.2) is 0 Å². The van der Waals surface area contributed by atoms with Crippen LogP contribution >= 0.6 is 0 Å². The van der Waals surface area contributed by atoms with E-state index in [2.05, 4.69) is 23.4 Å². The zero-order valence-electron chi connectivity index (χ0n) is 9.25. The quantitative estimate of drug-likeness (QED) is 0.784. The number of aromatic nitrogens is 2. The van der Waals surface area contributed by atoms with Crippen molar-refractivity contribution in [3.05, 3.63) is 11.5 Å². The van der Waals surface area contributed by atoms with Crippen LogP contribution in [0.4, 0.5) is 5.82 Å². The fourth-order valence-electron chi connectivity index (χ4n) is 2.22. The van der Waals surface area contributed by atoms with E-state index in [0.717, 1.165) is 17.3 Å². The first-order valence-corrected chi connectivity index (χ1v) is 5.45. The normalized spacial score (nSPS) is 17.4. The molecule has 0 bridgehead atoms. The van der Waals surface area contributed by atoms with Gasteiger partial charge >= 0.3 is 0 Å². The average Bonchev–Trinajstić information content (AvgIpc) is 2.23. The molecule has 1 aromatic heterocycles. The lowest BCUT2D eigenvalue weighted by molar-refractivity contribution is 0.413. The lowest BCUT2D eigenvalue weighted by Crippen LogP contribution is -2.13. The summed E-state index contributed by atoms with van der Waals surface area (Å²) in [7, 11) is 0. The van der Waals surface area contributed by atoms with Crippen LogP contribution in [-0.4, -0.2) is 9.55 Å². The van der Waals surface area contributed by atoms with E-state index in [1.165, 1.54) is 19.3 Å². The summed E-state index contributed by atoms with van der Waals surface area (Å²) in [4.78, 5) is 4.59. The molecule has 1 aliphatic rings. The van der Waals surface area contributed by atoms with Crippen molar-refractivity contribution in [1.29, 1.82) is 0 Å². The van der Waals surface area contributed by atoms with Gasteiger partial charge in [-0.25, -0.2) is 4.98 Å². The SMILES string of the molecule is Cc1nc(C2CCC2)c(N)n1C(C)C. The summed E-state index contributed by atoms with van der Waals surface area (Å²) in [5.74, 6) is 2.58. The highest BCUT2D eigenvalue weighted by Crippen LogP contribution is 2.39. The Balaban J connectivity index is 2.38. The predicted molar refractivity (Wildman–Crippen MR) is 58.4 cm³/mol. The van der Waals surface area contributed by atoms with Crippen LogP contribution in [0.2, 0.25) is 0 Å². The molecule has 0 saturated heterocycles. The minimum atomic E-state index is 0.413. The molecule has 0 aliphatic heterocycles. The number of imidazole rings is 1. The Hall–Kier alpha value is -0.990. The van der Waals surface area contributed by atoms with Gasteiger partial charge in [-0.1, -0.05) is 6.42 Å². The molecule has 0 amide bonds. The van der Waals surface area contributed by atoms with Crippen molar-refractivity contribution >= 4 is 5.82 Å². The highest BCUT2D eigenvalue weighted by atomic mass is 15.2. The van der Waals surface area contributed by atoms with Gasteiger partial charge in [0.25, 0.3) is 0 Å². The highest BCUT2D eigenvalue weighted by Gasteiger charge is 2.26. The first-order chi connectivity index (χ1) is 6.61. The zero-order chi connectivity index (χ0) is 10.3. The molecule has 1 saturated carbocycles. The second-order valence-electron chi connectivity index (χ2n) is 4.52. The van der Waals surface area contributed by atoms with E-state index in [1.54, 1.807) is 0 Å². The Labute approximate surface area is 85.3 Å². The van der Waals surface area contributed by atoms with Crippen LogP contribution in [0.25, 0.3) is 0 Å². The van der Waals surface area contributed by atoms with Crippen molar-refractivity contribution in [2.75, 3.05) is 5.73 Å². The number of hydrogen-bond donors (Lipinski definition) is 1. The number of hydrogen-bond acceptors (Lipinski definition) is 2. The average molecular weight is 193 g/mol. The second kappa shape index (κ2) is 3.30. The molecule has 0 aromatic carbocycles. The van der Waals surface area contributed by atoms with Gasteiger partial charge in [-0.2, -0.15) is 0 Å². The minimum Gasteiger partial charge on any atom is -0.384 e. The van der Waals surface area contributed by atoms with E-state index in [-0.39, 0.29) is 0 Å². The van der Waals surface area contributed by atoms with Gasteiger partial charge in [-0.05, 0) is 33.6 Å². The van der Waals surface area contributed by atoms with Crippen molar-refractivity contribution in [2.45, 2.75) is 52.0 Å². The summed E-state index contributed by atoms with van der Waals surface area (Å²) in [6, 6.07) is 0.413. The molecule has 3 nitrogen and oxygen atoms in total. The molecule has 14 heavy (non-hydrogen) atoms. The van der Waals surface area contributed by atoms with E-state index in [0.29, 0.717) is 12.0 Å². The third kappa shape index (κ3) is 1.31. The van der Waals surface area contributed by atoms with Crippen molar-refractivity contribution in [3.63, 3.8) is 0 Å². The summed E-state index contributed by atoms with van der Waals surface area (Å²) >= 11 is 0. The van der Waals surface area contributed by atoms with Crippen LogP contribution < -0.4 is 5.73 Å². The molecule has 2 rings (SSSR count). The van der Waals surface area contributed by atoms with Crippen molar-refractivity contribution in [2.24, 2.45) is 0 Å². The number of rotatable bonds is 2. The van der Waals surface area contributed by atoms with Crippen LogP contribution in [0, 0.1) is 6.92 Å². The topological polar surface area (TPSA) is 43.8 Å². The number of anilines is 1. The lowest BCUT2D eigenvalue weighted by Gasteiger charge is -2.24. The molecule has 0 radical (unpaired) electrons.